The second-order valence-corrected chi connectivity index (χ2v) is 3.95. The van der Waals surface area contributed by atoms with Crippen LogP contribution in [0.15, 0.2) is 24.5 Å². The molecule has 3 heteroatoms. The first kappa shape index (κ1) is 12.8. The molecule has 0 spiro atoms. The molecule has 0 rings (SSSR count). The third-order valence-corrected chi connectivity index (χ3v) is 2.31. The molecular formula is C10H19O2P. The predicted molar refractivity (Wildman–Crippen MR) is 58.6 cm³/mol. The highest BCUT2D eigenvalue weighted by molar-refractivity contribution is 7.49. The van der Waals surface area contributed by atoms with Gasteiger partial charge in [0.15, 0.2) is 8.38 Å². The van der Waals surface area contributed by atoms with E-state index in [1.165, 1.54) is 18.7 Å². The highest BCUT2D eigenvalue weighted by Gasteiger charge is 1.94. The molecule has 0 aliphatic carbocycles. The van der Waals surface area contributed by atoms with Gasteiger partial charge in [-0.05, 0) is 18.7 Å². The molecule has 0 aromatic carbocycles. The summed E-state index contributed by atoms with van der Waals surface area (Å²) < 4.78 is 5.05. The Morgan fingerprint density at radius 2 is 2.08 bits per heavy atom. The van der Waals surface area contributed by atoms with Crippen molar-refractivity contribution in [1.82, 2.24) is 0 Å². The molecule has 0 heterocycles. The molecule has 0 fully saturated rings. The first-order chi connectivity index (χ1) is 6.31. The Morgan fingerprint density at radius 1 is 1.38 bits per heavy atom. The van der Waals surface area contributed by atoms with E-state index in [0.29, 0.717) is 6.61 Å². The maximum absolute atomic E-state index is 9.00. The fourth-order valence-corrected chi connectivity index (χ4v) is 1.22. The summed E-state index contributed by atoms with van der Waals surface area (Å²) in [7, 11) is -1.38. The smallest absolute Gasteiger partial charge is 0.193 e. The molecular weight excluding hydrogens is 183 g/mol. The minimum atomic E-state index is -1.38. The van der Waals surface area contributed by atoms with Crippen molar-refractivity contribution in [3.8, 4) is 0 Å². The van der Waals surface area contributed by atoms with Gasteiger partial charge in [-0.2, -0.15) is 0 Å². The van der Waals surface area contributed by atoms with Gasteiger partial charge in [0.05, 0.1) is 6.61 Å². The van der Waals surface area contributed by atoms with Gasteiger partial charge in [0, 0.05) is 0 Å². The SMILES string of the molecule is C=CP(O)OCC/C=C\CCCC. The van der Waals surface area contributed by atoms with Gasteiger partial charge in [0.25, 0.3) is 0 Å². The van der Waals surface area contributed by atoms with E-state index in [4.69, 9.17) is 9.42 Å². The molecule has 0 aliphatic heterocycles. The summed E-state index contributed by atoms with van der Waals surface area (Å²) in [6.07, 6.45) is 8.76. The summed E-state index contributed by atoms with van der Waals surface area (Å²) in [4.78, 5) is 9.00. The Bertz CT molecular complexity index is 146. The highest BCUT2D eigenvalue weighted by atomic mass is 31.2. The van der Waals surface area contributed by atoms with Gasteiger partial charge >= 0.3 is 0 Å². The van der Waals surface area contributed by atoms with Crippen LogP contribution in [0.2, 0.25) is 0 Å². The van der Waals surface area contributed by atoms with Crippen LogP contribution in [-0.2, 0) is 4.52 Å². The van der Waals surface area contributed by atoms with Gasteiger partial charge in [-0.1, -0.05) is 38.5 Å². The molecule has 1 atom stereocenters. The van der Waals surface area contributed by atoms with Crippen LogP contribution in [0.4, 0.5) is 0 Å². The van der Waals surface area contributed by atoms with Crippen molar-refractivity contribution in [2.75, 3.05) is 6.61 Å². The van der Waals surface area contributed by atoms with Crippen LogP contribution in [0, 0.1) is 0 Å². The summed E-state index contributed by atoms with van der Waals surface area (Å²) in [5, 5.41) is 0. The van der Waals surface area contributed by atoms with Crippen LogP contribution in [0.5, 0.6) is 0 Å². The van der Waals surface area contributed by atoms with Gasteiger partial charge in [-0.15, -0.1) is 0 Å². The van der Waals surface area contributed by atoms with Crippen LogP contribution >= 0.6 is 8.38 Å². The minimum absolute atomic E-state index is 0.580. The lowest BCUT2D eigenvalue weighted by Crippen LogP contribution is -1.84. The Balaban J connectivity index is 3.15. The quantitative estimate of drug-likeness (QED) is 0.370. The zero-order valence-electron chi connectivity index (χ0n) is 8.28. The molecule has 0 saturated heterocycles. The van der Waals surface area contributed by atoms with Crippen molar-refractivity contribution in [1.29, 1.82) is 0 Å². The number of allylic oxidation sites excluding steroid dienone is 1. The monoisotopic (exact) mass is 202 g/mol. The molecule has 0 aromatic heterocycles. The normalized spacial score (nSPS) is 13.4. The van der Waals surface area contributed by atoms with Crippen molar-refractivity contribution in [2.45, 2.75) is 32.6 Å². The molecule has 0 bridgehead atoms. The highest BCUT2D eigenvalue weighted by Crippen LogP contribution is 2.31. The molecule has 0 aromatic rings. The molecule has 1 N–H and O–H groups in total. The third kappa shape index (κ3) is 9.75. The fraction of sp³-hybridized carbons (Fsp3) is 0.600. The predicted octanol–water partition coefficient (Wildman–Crippen LogP) is 3.59. The van der Waals surface area contributed by atoms with Crippen LogP contribution in [0.25, 0.3) is 0 Å². The van der Waals surface area contributed by atoms with Crippen LogP contribution in [0.1, 0.15) is 32.6 Å². The zero-order chi connectivity index (χ0) is 9.94. The van der Waals surface area contributed by atoms with Crippen molar-refractivity contribution >= 4 is 8.38 Å². The summed E-state index contributed by atoms with van der Waals surface area (Å²) in [5.41, 5.74) is 0. The standard InChI is InChI=1S/C10H19O2P/c1-3-5-6-7-8-9-10-12-13(11)4-2/h4,7-8,11H,2-3,5-6,9-10H2,1H3/b8-7-. The maximum atomic E-state index is 9.00. The van der Waals surface area contributed by atoms with E-state index in [1.807, 2.05) is 0 Å². The second-order valence-electron chi connectivity index (χ2n) is 2.72. The lowest BCUT2D eigenvalue weighted by atomic mass is 10.2. The van der Waals surface area contributed by atoms with Crippen molar-refractivity contribution in [3.63, 3.8) is 0 Å². The average molecular weight is 202 g/mol. The molecule has 0 aliphatic rings. The summed E-state index contributed by atoms with van der Waals surface area (Å²) >= 11 is 0. The van der Waals surface area contributed by atoms with E-state index in [-0.39, 0.29) is 0 Å². The molecule has 13 heavy (non-hydrogen) atoms. The van der Waals surface area contributed by atoms with Crippen molar-refractivity contribution < 1.29 is 9.42 Å². The molecule has 2 nitrogen and oxygen atoms in total. The average Bonchev–Trinajstić information content (AvgIpc) is 2.16. The second kappa shape index (κ2) is 9.91. The van der Waals surface area contributed by atoms with Gasteiger partial charge < -0.3 is 9.42 Å². The summed E-state index contributed by atoms with van der Waals surface area (Å²) in [6, 6.07) is 0. The van der Waals surface area contributed by atoms with E-state index in [1.54, 1.807) is 0 Å². The minimum Gasteiger partial charge on any atom is -0.347 e. The third-order valence-electron chi connectivity index (χ3n) is 1.56. The van der Waals surface area contributed by atoms with Crippen molar-refractivity contribution in [3.05, 3.63) is 24.5 Å². The summed E-state index contributed by atoms with van der Waals surface area (Å²) in [6.45, 7) is 6.20. The lowest BCUT2D eigenvalue weighted by Gasteiger charge is -2.03. The van der Waals surface area contributed by atoms with E-state index in [0.717, 1.165) is 12.8 Å². The number of hydrogen-bond acceptors (Lipinski definition) is 2. The van der Waals surface area contributed by atoms with Gasteiger partial charge in [-0.25, -0.2) is 0 Å². The topological polar surface area (TPSA) is 29.5 Å². The van der Waals surface area contributed by atoms with Crippen LogP contribution in [0.3, 0.4) is 0 Å². The molecule has 0 saturated carbocycles. The Labute approximate surface area is 82.2 Å². The van der Waals surface area contributed by atoms with Gasteiger partial charge in [-0.3, -0.25) is 0 Å². The molecule has 1 unspecified atom stereocenters. The lowest BCUT2D eigenvalue weighted by molar-refractivity contribution is 0.323. The molecule has 76 valence electrons. The van der Waals surface area contributed by atoms with E-state index in [2.05, 4.69) is 25.7 Å². The zero-order valence-corrected chi connectivity index (χ0v) is 9.17. The number of rotatable bonds is 8. The van der Waals surface area contributed by atoms with E-state index >= 15 is 0 Å². The summed E-state index contributed by atoms with van der Waals surface area (Å²) in [5.74, 6) is 1.44. The first-order valence-electron chi connectivity index (χ1n) is 4.69. The molecule has 0 amide bonds. The Morgan fingerprint density at radius 3 is 2.69 bits per heavy atom. The first-order valence-corrected chi connectivity index (χ1v) is 5.98. The molecule has 0 radical (unpaired) electrons. The van der Waals surface area contributed by atoms with Crippen LogP contribution in [-0.4, -0.2) is 11.5 Å². The Kier molecular flexibility index (Phi) is 9.78. The van der Waals surface area contributed by atoms with Gasteiger partial charge in [0.2, 0.25) is 0 Å². The van der Waals surface area contributed by atoms with E-state index in [9.17, 15) is 0 Å². The maximum Gasteiger partial charge on any atom is 0.193 e. The Hall–Kier alpha value is -0.170. The van der Waals surface area contributed by atoms with Crippen molar-refractivity contribution in [2.24, 2.45) is 0 Å². The van der Waals surface area contributed by atoms with E-state index < -0.39 is 8.38 Å². The van der Waals surface area contributed by atoms with Crippen LogP contribution < -0.4 is 0 Å². The van der Waals surface area contributed by atoms with Gasteiger partial charge in [0.1, 0.15) is 0 Å². The number of unbranched alkanes of at least 4 members (excludes halogenated alkanes) is 2. The fourth-order valence-electron chi connectivity index (χ4n) is 0.825. The number of hydrogen-bond donors (Lipinski definition) is 1. The largest absolute Gasteiger partial charge is 0.347 e.